The summed E-state index contributed by atoms with van der Waals surface area (Å²) in [5, 5.41) is 17.2. The molecule has 0 saturated heterocycles. The molecule has 1 heterocycles. The zero-order valence-electron chi connectivity index (χ0n) is 9.71. The number of hydrogen-bond acceptors (Lipinski definition) is 6. The topological polar surface area (TPSA) is 63.1 Å². The van der Waals surface area contributed by atoms with Crippen LogP contribution >= 0.6 is 34.9 Å². The molecule has 1 N–H and O–H groups in total. The number of rotatable bonds is 4. The molecule has 0 radical (unpaired) electrons. The van der Waals surface area contributed by atoms with Crippen LogP contribution < -0.4 is 0 Å². The fraction of sp³-hybridized carbons (Fsp3) is 0.182. The molecular formula is C11H10N2O2S3. The summed E-state index contributed by atoms with van der Waals surface area (Å²) >= 11 is 4.35. The lowest BCUT2D eigenvalue weighted by Crippen LogP contribution is -1.99. The van der Waals surface area contributed by atoms with Crippen molar-refractivity contribution >= 4 is 40.8 Å². The van der Waals surface area contributed by atoms with Gasteiger partial charge in [0.1, 0.15) is 0 Å². The van der Waals surface area contributed by atoms with Gasteiger partial charge in [-0.1, -0.05) is 47.0 Å². The number of nitrogens with zero attached hydrogens (tertiary/aromatic N) is 2. The highest BCUT2D eigenvalue weighted by Gasteiger charge is 2.15. The van der Waals surface area contributed by atoms with Crippen molar-refractivity contribution < 1.29 is 9.90 Å². The Bertz CT molecular complexity index is 583. The summed E-state index contributed by atoms with van der Waals surface area (Å²) in [5.74, 6) is -0.921. The van der Waals surface area contributed by atoms with Crippen molar-refractivity contribution in [2.75, 3.05) is 6.26 Å². The quantitative estimate of drug-likeness (QED) is 0.873. The Morgan fingerprint density at radius 1 is 1.33 bits per heavy atom. The third kappa shape index (κ3) is 2.85. The van der Waals surface area contributed by atoms with Gasteiger partial charge in [0.2, 0.25) is 0 Å². The van der Waals surface area contributed by atoms with Gasteiger partial charge in [-0.3, -0.25) is 0 Å². The van der Waals surface area contributed by atoms with Gasteiger partial charge in [0.05, 0.1) is 5.56 Å². The second-order valence-corrected chi connectivity index (χ2v) is 6.69. The first-order chi connectivity index (χ1) is 8.61. The van der Waals surface area contributed by atoms with E-state index in [2.05, 4.69) is 10.2 Å². The minimum atomic E-state index is -0.921. The fourth-order valence-electron chi connectivity index (χ4n) is 1.36. The molecule has 0 unspecified atom stereocenters. The van der Waals surface area contributed by atoms with E-state index >= 15 is 0 Å². The standard InChI is InChI=1S/C11H10N2O2S3/c1-6-4-3-5-7(9(14)15)8(6)17-11-13-12-10(16-2)18-11/h3-5H,1-2H3,(H,14,15). The van der Waals surface area contributed by atoms with Crippen molar-refractivity contribution in [2.24, 2.45) is 0 Å². The molecule has 18 heavy (non-hydrogen) atoms. The molecule has 2 aromatic rings. The second kappa shape index (κ2) is 5.73. The van der Waals surface area contributed by atoms with Gasteiger partial charge in [0.15, 0.2) is 8.68 Å². The average molecular weight is 298 g/mol. The third-order valence-corrected chi connectivity index (χ3v) is 5.39. The largest absolute Gasteiger partial charge is 0.478 e. The van der Waals surface area contributed by atoms with Crippen LogP contribution in [0, 0.1) is 6.92 Å². The molecule has 0 amide bonds. The Morgan fingerprint density at radius 3 is 2.67 bits per heavy atom. The Morgan fingerprint density at radius 2 is 2.06 bits per heavy atom. The number of aryl methyl sites for hydroxylation is 1. The van der Waals surface area contributed by atoms with Crippen LogP contribution in [0.15, 0.2) is 31.8 Å². The molecule has 4 nitrogen and oxygen atoms in total. The fourth-order valence-corrected chi connectivity index (χ4v) is 3.93. The van der Waals surface area contributed by atoms with Crippen LogP contribution in [0.5, 0.6) is 0 Å². The van der Waals surface area contributed by atoms with E-state index in [0.717, 1.165) is 19.1 Å². The number of hydrogen-bond donors (Lipinski definition) is 1. The lowest BCUT2D eigenvalue weighted by molar-refractivity contribution is 0.0693. The molecule has 2 rings (SSSR count). The minimum absolute atomic E-state index is 0.306. The molecule has 1 aromatic carbocycles. The first-order valence-electron chi connectivity index (χ1n) is 5.00. The van der Waals surface area contributed by atoms with Gasteiger partial charge in [-0.05, 0) is 24.8 Å². The Kier molecular flexibility index (Phi) is 4.26. The molecular weight excluding hydrogens is 288 g/mol. The molecule has 0 atom stereocenters. The van der Waals surface area contributed by atoms with Gasteiger partial charge < -0.3 is 5.11 Å². The third-order valence-electron chi connectivity index (χ3n) is 2.19. The summed E-state index contributed by atoms with van der Waals surface area (Å²) in [4.78, 5) is 11.9. The number of thioether (sulfide) groups is 1. The van der Waals surface area contributed by atoms with E-state index in [4.69, 9.17) is 5.11 Å². The van der Waals surface area contributed by atoms with Crippen molar-refractivity contribution in [2.45, 2.75) is 20.5 Å². The first kappa shape index (κ1) is 13.4. The van der Waals surface area contributed by atoms with E-state index < -0.39 is 5.97 Å². The first-order valence-corrected chi connectivity index (χ1v) is 7.86. The van der Waals surface area contributed by atoms with Crippen LogP contribution in [-0.4, -0.2) is 27.5 Å². The van der Waals surface area contributed by atoms with Crippen molar-refractivity contribution in [3.8, 4) is 0 Å². The number of aromatic carboxylic acids is 1. The summed E-state index contributed by atoms with van der Waals surface area (Å²) in [6.45, 7) is 1.89. The lowest BCUT2D eigenvalue weighted by atomic mass is 10.1. The maximum absolute atomic E-state index is 11.2. The predicted octanol–water partition coefficient (Wildman–Crippen LogP) is 3.42. The van der Waals surface area contributed by atoms with Gasteiger partial charge in [-0.25, -0.2) is 4.79 Å². The smallest absolute Gasteiger partial charge is 0.336 e. The lowest BCUT2D eigenvalue weighted by Gasteiger charge is -2.06. The van der Waals surface area contributed by atoms with Crippen molar-refractivity contribution in [1.82, 2.24) is 10.2 Å². The molecule has 7 heteroatoms. The Labute approximate surface area is 117 Å². The predicted molar refractivity (Wildman–Crippen MR) is 74.0 cm³/mol. The monoisotopic (exact) mass is 298 g/mol. The van der Waals surface area contributed by atoms with Gasteiger partial charge in [-0.15, -0.1) is 10.2 Å². The summed E-state index contributed by atoms with van der Waals surface area (Å²) in [7, 11) is 0. The normalized spacial score (nSPS) is 10.6. The Hall–Kier alpha value is -1.05. The molecule has 0 fully saturated rings. The molecule has 94 valence electrons. The van der Waals surface area contributed by atoms with Gasteiger partial charge in [-0.2, -0.15) is 0 Å². The zero-order valence-corrected chi connectivity index (χ0v) is 12.2. The summed E-state index contributed by atoms with van der Waals surface area (Å²) in [6.07, 6.45) is 1.94. The molecule has 0 aliphatic carbocycles. The van der Waals surface area contributed by atoms with Gasteiger partial charge in [0.25, 0.3) is 0 Å². The highest BCUT2D eigenvalue weighted by atomic mass is 32.2. The molecule has 0 spiro atoms. The van der Waals surface area contributed by atoms with Crippen LogP contribution in [0.3, 0.4) is 0 Å². The molecule has 0 aliphatic heterocycles. The second-order valence-electron chi connectivity index (χ2n) is 3.40. The summed E-state index contributed by atoms with van der Waals surface area (Å²) in [6, 6.07) is 5.25. The molecule has 0 aliphatic rings. The van der Waals surface area contributed by atoms with Gasteiger partial charge in [0, 0.05) is 4.90 Å². The van der Waals surface area contributed by atoms with E-state index in [9.17, 15) is 4.79 Å². The number of carbonyl (C=O) groups is 1. The maximum Gasteiger partial charge on any atom is 0.336 e. The van der Waals surface area contributed by atoms with E-state index in [1.54, 1.807) is 12.1 Å². The van der Waals surface area contributed by atoms with Gasteiger partial charge >= 0.3 is 5.97 Å². The van der Waals surface area contributed by atoms with Crippen molar-refractivity contribution in [3.63, 3.8) is 0 Å². The Balaban J connectivity index is 2.36. The number of aromatic nitrogens is 2. The van der Waals surface area contributed by atoms with E-state index in [1.165, 1.54) is 34.9 Å². The van der Waals surface area contributed by atoms with E-state index in [-0.39, 0.29) is 0 Å². The summed E-state index contributed by atoms with van der Waals surface area (Å²) < 4.78 is 1.64. The van der Waals surface area contributed by atoms with Crippen molar-refractivity contribution in [3.05, 3.63) is 29.3 Å². The molecule has 1 aromatic heterocycles. The maximum atomic E-state index is 11.2. The van der Waals surface area contributed by atoms with Crippen LogP contribution in [-0.2, 0) is 0 Å². The molecule has 0 saturated carbocycles. The van der Waals surface area contributed by atoms with Crippen LogP contribution in [0.1, 0.15) is 15.9 Å². The van der Waals surface area contributed by atoms with E-state index in [0.29, 0.717) is 5.56 Å². The zero-order chi connectivity index (χ0) is 13.1. The van der Waals surface area contributed by atoms with Crippen LogP contribution in [0.4, 0.5) is 0 Å². The number of carboxylic acids is 1. The van der Waals surface area contributed by atoms with Crippen molar-refractivity contribution in [1.29, 1.82) is 0 Å². The van der Waals surface area contributed by atoms with Crippen LogP contribution in [0.2, 0.25) is 0 Å². The SMILES string of the molecule is CSc1nnc(Sc2c(C)cccc2C(=O)O)s1. The van der Waals surface area contributed by atoms with Crippen LogP contribution in [0.25, 0.3) is 0 Å². The highest BCUT2D eigenvalue weighted by Crippen LogP contribution is 2.36. The number of benzene rings is 1. The minimum Gasteiger partial charge on any atom is -0.478 e. The summed E-state index contributed by atoms with van der Waals surface area (Å²) in [5.41, 5.74) is 1.24. The average Bonchev–Trinajstić information content (AvgIpc) is 2.79. The molecule has 0 bridgehead atoms. The van der Waals surface area contributed by atoms with E-state index in [1.807, 2.05) is 19.2 Å². The number of carboxylic acid groups (broad SMARTS) is 1. The highest BCUT2D eigenvalue weighted by molar-refractivity contribution is 8.03.